The Hall–Kier alpha value is -3.43. The second-order valence-electron chi connectivity index (χ2n) is 6.73. The molecule has 3 aromatic rings. The van der Waals surface area contributed by atoms with Crippen molar-refractivity contribution >= 4 is 5.97 Å². The van der Waals surface area contributed by atoms with Crippen LogP contribution in [0.3, 0.4) is 0 Å². The minimum Gasteiger partial charge on any atom is -0.486 e. The Bertz CT molecular complexity index is 1050. The molecule has 164 valence electrons. The fourth-order valence-electron chi connectivity index (χ4n) is 2.98. The van der Waals surface area contributed by atoms with E-state index in [1.54, 1.807) is 12.1 Å². The van der Waals surface area contributed by atoms with E-state index in [0.29, 0.717) is 35.5 Å². The highest BCUT2D eigenvalue weighted by atomic mass is 19.4. The molecule has 2 aromatic carbocycles. The van der Waals surface area contributed by atoms with Crippen LogP contribution in [0.4, 0.5) is 22.0 Å². The van der Waals surface area contributed by atoms with Crippen molar-refractivity contribution in [3.8, 4) is 11.4 Å². The molecule has 10 heteroatoms. The van der Waals surface area contributed by atoms with Gasteiger partial charge in [0.1, 0.15) is 17.5 Å². The molecule has 1 atom stereocenters. The van der Waals surface area contributed by atoms with Crippen molar-refractivity contribution in [1.29, 1.82) is 0 Å². The maximum atomic E-state index is 14.6. The molecule has 0 saturated carbocycles. The fraction of sp³-hybridized carbons (Fsp3) is 0.238. The number of ether oxygens (including phenoxy) is 1. The summed E-state index contributed by atoms with van der Waals surface area (Å²) >= 11 is 0. The summed E-state index contributed by atoms with van der Waals surface area (Å²) in [6.07, 6.45) is -3.20. The molecule has 0 aliphatic carbocycles. The molecule has 3 rings (SSSR count). The van der Waals surface area contributed by atoms with Gasteiger partial charge in [0.2, 0.25) is 0 Å². The number of carboxylic acid groups (broad SMARTS) is 1. The maximum absolute atomic E-state index is 14.6. The zero-order chi connectivity index (χ0) is 22.8. The van der Waals surface area contributed by atoms with Crippen molar-refractivity contribution in [2.24, 2.45) is 0 Å². The topological polar surface area (TPSA) is 64.4 Å². The van der Waals surface area contributed by atoms with Crippen molar-refractivity contribution in [1.82, 2.24) is 9.78 Å². The summed E-state index contributed by atoms with van der Waals surface area (Å²) in [6, 6.07) is 7.61. The van der Waals surface area contributed by atoms with Crippen LogP contribution in [-0.2, 0) is 6.18 Å². The molecule has 0 bridgehead atoms. The first-order valence-corrected chi connectivity index (χ1v) is 9.21. The number of nitrogens with zero attached hydrogens (tertiary/aromatic N) is 2. The Labute approximate surface area is 173 Å². The van der Waals surface area contributed by atoms with Crippen LogP contribution in [0.1, 0.15) is 47.4 Å². The van der Waals surface area contributed by atoms with Crippen LogP contribution in [0, 0.1) is 11.6 Å². The van der Waals surface area contributed by atoms with Gasteiger partial charge in [0, 0.05) is 18.3 Å². The van der Waals surface area contributed by atoms with Crippen LogP contribution in [0.25, 0.3) is 5.69 Å². The molecule has 0 fully saturated rings. The summed E-state index contributed by atoms with van der Waals surface area (Å²) in [5.74, 6) is -3.55. The van der Waals surface area contributed by atoms with Crippen molar-refractivity contribution in [2.45, 2.75) is 32.0 Å². The number of rotatable bonds is 7. The van der Waals surface area contributed by atoms with E-state index < -0.39 is 41.1 Å². The van der Waals surface area contributed by atoms with E-state index in [9.17, 15) is 26.7 Å². The summed E-state index contributed by atoms with van der Waals surface area (Å²) in [5.41, 5.74) is -1.21. The van der Waals surface area contributed by atoms with E-state index in [1.807, 2.05) is 6.92 Å². The smallest absolute Gasteiger partial charge is 0.419 e. The molecule has 1 N–H and O–H groups in total. The highest BCUT2D eigenvalue weighted by Crippen LogP contribution is 2.32. The molecule has 1 aromatic heterocycles. The van der Waals surface area contributed by atoms with E-state index in [1.165, 1.54) is 12.1 Å². The van der Waals surface area contributed by atoms with Gasteiger partial charge < -0.3 is 9.84 Å². The van der Waals surface area contributed by atoms with Crippen LogP contribution in [-0.4, -0.2) is 20.9 Å². The Morgan fingerprint density at radius 2 is 1.77 bits per heavy atom. The van der Waals surface area contributed by atoms with Crippen LogP contribution in [0.2, 0.25) is 0 Å². The van der Waals surface area contributed by atoms with Gasteiger partial charge in [-0.05, 0) is 24.1 Å². The molecular weight excluding hydrogens is 423 g/mol. The lowest BCUT2D eigenvalue weighted by atomic mass is 10.0. The van der Waals surface area contributed by atoms with Gasteiger partial charge in [0.15, 0.2) is 11.6 Å². The zero-order valence-corrected chi connectivity index (χ0v) is 16.2. The third-order valence-corrected chi connectivity index (χ3v) is 4.49. The Morgan fingerprint density at radius 3 is 2.26 bits per heavy atom. The van der Waals surface area contributed by atoms with Crippen molar-refractivity contribution in [2.75, 3.05) is 0 Å². The van der Waals surface area contributed by atoms with E-state index in [4.69, 9.17) is 9.84 Å². The first-order valence-electron chi connectivity index (χ1n) is 9.21. The number of aromatic carboxylic acids is 1. The quantitative estimate of drug-likeness (QED) is 0.473. The maximum Gasteiger partial charge on any atom is 0.419 e. The molecule has 1 heterocycles. The van der Waals surface area contributed by atoms with Gasteiger partial charge >= 0.3 is 12.1 Å². The summed E-state index contributed by atoms with van der Waals surface area (Å²) in [4.78, 5) is 11.0. The van der Waals surface area contributed by atoms with Crippen molar-refractivity contribution in [3.05, 3.63) is 77.1 Å². The molecule has 0 saturated heterocycles. The molecule has 0 radical (unpaired) electrons. The summed E-state index contributed by atoms with van der Waals surface area (Å²) < 4.78 is 73.5. The summed E-state index contributed by atoms with van der Waals surface area (Å²) in [6.45, 7) is 1.88. The number of carbonyl (C=O) groups is 1. The second-order valence-corrected chi connectivity index (χ2v) is 6.73. The monoisotopic (exact) mass is 440 g/mol. The minimum absolute atomic E-state index is 0.0814. The average Bonchev–Trinajstić information content (AvgIpc) is 3.17. The van der Waals surface area contributed by atoms with Gasteiger partial charge in [-0.2, -0.15) is 18.3 Å². The third kappa shape index (κ3) is 5.01. The number of hydrogen-bond acceptors (Lipinski definition) is 3. The second kappa shape index (κ2) is 8.75. The number of carboxylic acids is 1. The normalized spacial score (nSPS) is 12.6. The number of alkyl halides is 3. The first-order chi connectivity index (χ1) is 14.6. The highest BCUT2D eigenvalue weighted by molar-refractivity contribution is 5.87. The van der Waals surface area contributed by atoms with Crippen molar-refractivity contribution < 1.29 is 36.6 Å². The molecular formula is C21H17F5N2O3. The predicted molar refractivity (Wildman–Crippen MR) is 100 cm³/mol. The number of hydrogen-bond donors (Lipinski definition) is 1. The lowest BCUT2D eigenvalue weighted by Crippen LogP contribution is -2.10. The highest BCUT2D eigenvalue weighted by Gasteiger charge is 2.33. The Balaban J connectivity index is 1.88. The number of halogens is 5. The molecule has 31 heavy (non-hydrogen) atoms. The van der Waals surface area contributed by atoms with Gasteiger partial charge in [-0.3, -0.25) is 0 Å². The SMILES string of the molecule is CCCC(Oc1cc(F)c(-n2cc(C(F)(F)F)cn2)c(F)c1)c1ccc(C(=O)O)cc1. The molecule has 1 unspecified atom stereocenters. The molecule has 0 amide bonds. The van der Waals surface area contributed by atoms with Crippen LogP contribution >= 0.6 is 0 Å². The standard InChI is InChI=1S/C21H17F5N2O3/c1-2-3-18(12-4-6-13(7-5-12)20(29)30)31-15-8-16(22)19(17(23)9-15)28-11-14(10-27-28)21(24,25)26/h4-11,18H,2-3H2,1H3,(H,29,30). The molecule has 5 nitrogen and oxygen atoms in total. The largest absolute Gasteiger partial charge is 0.486 e. The fourth-order valence-corrected chi connectivity index (χ4v) is 2.98. The number of aromatic nitrogens is 2. The third-order valence-electron chi connectivity index (χ3n) is 4.49. The molecule has 0 spiro atoms. The van der Waals surface area contributed by atoms with Gasteiger partial charge in [-0.1, -0.05) is 25.5 Å². The zero-order valence-electron chi connectivity index (χ0n) is 16.2. The van der Waals surface area contributed by atoms with E-state index in [-0.39, 0.29) is 11.3 Å². The van der Waals surface area contributed by atoms with Gasteiger partial charge in [0.05, 0.1) is 17.3 Å². The van der Waals surface area contributed by atoms with E-state index in [2.05, 4.69) is 5.10 Å². The Kier molecular flexibility index (Phi) is 6.28. The minimum atomic E-state index is -4.70. The van der Waals surface area contributed by atoms with E-state index in [0.717, 1.165) is 12.1 Å². The summed E-state index contributed by atoms with van der Waals surface area (Å²) in [5, 5.41) is 12.4. The van der Waals surface area contributed by atoms with Gasteiger partial charge in [0.25, 0.3) is 0 Å². The predicted octanol–water partition coefficient (Wildman–Crippen LogP) is 5.79. The van der Waals surface area contributed by atoms with Crippen molar-refractivity contribution in [3.63, 3.8) is 0 Å². The van der Waals surface area contributed by atoms with Crippen LogP contribution in [0.5, 0.6) is 5.75 Å². The Morgan fingerprint density at radius 1 is 1.16 bits per heavy atom. The number of benzene rings is 2. The van der Waals surface area contributed by atoms with Crippen LogP contribution in [0.15, 0.2) is 48.8 Å². The first kappa shape index (κ1) is 22.3. The lowest BCUT2D eigenvalue weighted by Gasteiger charge is -2.20. The summed E-state index contributed by atoms with van der Waals surface area (Å²) in [7, 11) is 0. The molecule has 0 aliphatic heterocycles. The lowest BCUT2D eigenvalue weighted by molar-refractivity contribution is -0.137. The van der Waals surface area contributed by atoms with Gasteiger partial charge in [-0.25, -0.2) is 18.3 Å². The molecule has 0 aliphatic rings. The van der Waals surface area contributed by atoms with Gasteiger partial charge in [-0.15, -0.1) is 0 Å². The average molecular weight is 440 g/mol. The van der Waals surface area contributed by atoms with E-state index >= 15 is 0 Å². The van der Waals surface area contributed by atoms with Crippen LogP contribution < -0.4 is 4.74 Å².